The lowest BCUT2D eigenvalue weighted by molar-refractivity contribution is -0.0950. The Morgan fingerprint density at radius 2 is 0.981 bits per heavy atom. The van der Waals surface area contributed by atoms with Crippen molar-refractivity contribution in [2.75, 3.05) is 52.3 Å². The maximum absolute atomic E-state index is 16.6. The van der Waals surface area contributed by atoms with Gasteiger partial charge in [0, 0.05) is 37.4 Å². The number of aromatic nitrogens is 8. The fourth-order valence-corrected chi connectivity index (χ4v) is 24.1. The summed E-state index contributed by atoms with van der Waals surface area (Å²) in [6.45, 7) is 31.3. The van der Waals surface area contributed by atoms with Crippen molar-refractivity contribution < 1.29 is 69.3 Å². The number of phosphoric acid groups is 1. The van der Waals surface area contributed by atoms with Gasteiger partial charge in [0.25, 0.3) is 20.3 Å². The van der Waals surface area contributed by atoms with Gasteiger partial charge in [0.2, 0.25) is 8.32 Å². The van der Waals surface area contributed by atoms with Gasteiger partial charge in [0.1, 0.15) is 66.4 Å². The molecule has 0 saturated carbocycles. The van der Waals surface area contributed by atoms with Crippen LogP contribution in [0.2, 0.25) is 34.8 Å². The number of fused-ring (bicyclic) bond motifs is 2. The molecule has 6 heterocycles. The first-order valence-electron chi connectivity index (χ1n) is 36.5. The van der Waals surface area contributed by atoms with Crippen LogP contribution in [0.3, 0.4) is 0 Å². The van der Waals surface area contributed by atoms with Crippen molar-refractivity contribution >= 4 is 78.8 Å². The highest BCUT2D eigenvalue weighted by atomic mass is 31.2. The van der Waals surface area contributed by atoms with E-state index in [0.29, 0.717) is 28.3 Å². The number of carbonyl (C=O) groups excluding carboxylic acids is 2. The second-order valence-electron chi connectivity index (χ2n) is 30.0. The number of nitrogens with zero attached hydrogens (tertiary/aromatic N) is 9. The van der Waals surface area contributed by atoms with Gasteiger partial charge in [-0.15, -0.1) is 0 Å². The normalized spacial score (nSPS) is 20.4. The second-order valence-corrected chi connectivity index (χ2v) is 43.4. The van der Waals surface area contributed by atoms with Gasteiger partial charge in [-0.1, -0.05) is 153 Å². The van der Waals surface area contributed by atoms with Crippen molar-refractivity contribution in [1.29, 1.82) is 0 Å². The van der Waals surface area contributed by atoms with E-state index in [1.807, 2.05) is 91.0 Å². The van der Waals surface area contributed by atoms with Crippen molar-refractivity contribution in [2.24, 2.45) is 0 Å². The van der Waals surface area contributed by atoms with Crippen LogP contribution < -0.4 is 20.1 Å². The molecule has 9 aromatic rings. The molecule has 0 spiro atoms. The van der Waals surface area contributed by atoms with Crippen molar-refractivity contribution in [2.45, 2.75) is 192 Å². The molecule has 2 N–H and O–H groups in total. The summed E-state index contributed by atoms with van der Waals surface area (Å²) in [7, 11) is -6.70. The first-order valence-corrected chi connectivity index (χ1v) is 44.2. The number of hydrogen-bond acceptors (Lipinski definition) is 22. The van der Waals surface area contributed by atoms with Crippen molar-refractivity contribution in [1.82, 2.24) is 43.7 Å². The number of carbonyl (C=O) groups is 2. The van der Waals surface area contributed by atoms with Crippen LogP contribution in [0.15, 0.2) is 165 Å². The minimum absolute atomic E-state index is 0.0592. The highest BCUT2D eigenvalue weighted by molar-refractivity contribution is 7.48. The van der Waals surface area contributed by atoms with Crippen molar-refractivity contribution in [3.05, 3.63) is 193 Å². The van der Waals surface area contributed by atoms with Crippen LogP contribution in [0.1, 0.15) is 140 Å². The molecule has 2 unspecified atom stereocenters. The standard InChI is InChI=1S/C78H103N11O15P2Si2/c1-49(2)89(50(3)4)105(95-16)101-65-62(100-75(67(65)104-108(51(5)6,52(7)8)53(9)10)87-47-83-63-69(79-45-81-71(63)87)85-73(90)54-29-23-20-24-30-54)44-98-106(92,96-17)102-66-61(43-97-78(56-33-27-22-28-34-56,57-35-39-59(93-14)40-36-57)58-37-41-60(94-15)42-38-58)99-76(68(66)103-107(18,19)77(11,12)13)88-48-84-64-70(80-46-82-72(64)88)86-74(91)55-31-25-21-26-32-55/h20-42,45-53,61-62,65-68,75-76H,43-44H2,1-19H3,(H,79,81,85,90)(H,80,82,86,91)/t61-,62-,65-,66-,67-,68-,75-,76-,105?,106?/m1/s1. The average Bonchev–Trinajstić information content (AvgIpc) is 1.41. The summed E-state index contributed by atoms with van der Waals surface area (Å²) in [4.78, 5) is 56.0. The minimum atomic E-state index is -4.94. The summed E-state index contributed by atoms with van der Waals surface area (Å²) in [6.07, 6.45) is -3.27. The maximum atomic E-state index is 16.6. The van der Waals surface area contributed by atoms with Crippen LogP contribution in [0.25, 0.3) is 22.3 Å². The summed E-state index contributed by atoms with van der Waals surface area (Å²) >= 11 is 0. The highest BCUT2D eigenvalue weighted by Crippen LogP contribution is 2.58. The zero-order chi connectivity index (χ0) is 77.6. The zero-order valence-corrected chi connectivity index (χ0v) is 68.8. The quantitative estimate of drug-likeness (QED) is 0.0220. The van der Waals surface area contributed by atoms with Crippen LogP contribution in [0.5, 0.6) is 11.5 Å². The lowest BCUT2D eigenvalue weighted by atomic mass is 9.80. The molecule has 2 amide bonds. The average molecular weight is 1550 g/mol. The summed E-state index contributed by atoms with van der Waals surface area (Å²) < 4.78 is 106. The highest BCUT2D eigenvalue weighted by Gasteiger charge is 2.59. The lowest BCUT2D eigenvalue weighted by Gasteiger charge is -2.46. The van der Waals surface area contributed by atoms with Crippen molar-refractivity contribution in [3.8, 4) is 11.5 Å². The largest absolute Gasteiger partial charge is 0.497 e. The van der Waals surface area contributed by atoms with E-state index in [4.69, 9.17) is 75.1 Å². The Hall–Kier alpha value is -7.61. The summed E-state index contributed by atoms with van der Waals surface area (Å²) in [6, 6.07) is 42.6. The minimum Gasteiger partial charge on any atom is -0.497 e. The summed E-state index contributed by atoms with van der Waals surface area (Å²) in [5, 5.41) is 5.45. The third-order valence-electron chi connectivity index (χ3n) is 20.8. The van der Waals surface area contributed by atoms with Crippen LogP contribution in [-0.4, -0.2) is 163 Å². The number of anilines is 2. The first-order chi connectivity index (χ1) is 51.5. The number of rotatable bonds is 33. The molecule has 2 aliphatic rings. The van der Waals surface area contributed by atoms with Gasteiger partial charge >= 0.3 is 7.82 Å². The molecule has 26 nitrogen and oxygen atoms in total. The Morgan fingerprint density at radius 1 is 0.556 bits per heavy atom. The zero-order valence-electron chi connectivity index (χ0n) is 65.1. The number of ether oxygens (including phenoxy) is 5. The molecule has 30 heteroatoms. The molecule has 10 atom stereocenters. The molecule has 2 aliphatic heterocycles. The number of methoxy groups -OCH3 is 2. The van der Waals surface area contributed by atoms with E-state index in [0.717, 1.165) is 16.7 Å². The molecular formula is C78H103N11O15P2Si2. The maximum Gasteiger partial charge on any atom is 0.475 e. The molecule has 4 aromatic heterocycles. The van der Waals surface area contributed by atoms with E-state index in [1.165, 1.54) is 19.8 Å². The van der Waals surface area contributed by atoms with E-state index >= 15 is 4.57 Å². The molecular weight excluding hydrogens is 1450 g/mol. The molecule has 2 fully saturated rings. The molecule has 108 heavy (non-hydrogen) atoms. The van der Waals surface area contributed by atoms with Crippen LogP contribution in [-0.2, 0) is 55.8 Å². The molecule has 578 valence electrons. The monoisotopic (exact) mass is 1550 g/mol. The Labute approximate surface area is 636 Å². The Kier molecular flexibility index (Phi) is 25.9. The van der Waals surface area contributed by atoms with Gasteiger partial charge in [-0.05, 0) is 128 Å². The number of imidazole rings is 2. The van der Waals surface area contributed by atoms with E-state index in [-0.39, 0.29) is 63.6 Å². The van der Waals surface area contributed by atoms with E-state index < -0.39 is 111 Å². The molecule has 0 bridgehead atoms. The number of nitrogens with one attached hydrogen (secondary N) is 2. The SMILES string of the molecule is COc1ccc(C(OC[C@H]2O[C@@H](n3cnc4c(NC(=O)c5ccccc5)ncnc43)[C@H](O[Si](C)(C)C(C)(C)C)[C@@H]2OP(=O)(OC)OC[C@H]2O[C@@H](n3cnc4c(NC(=O)c5ccccc5)ncnc43)[C@H](O[Si](C(C)C)(C(C)C)C(C)C)[C@@H]2OP(OC)N(C(C)C)C(C)C)(c2ccccc2)c2ccc(OC)cc2)cc1. The first kappa shape index (κ1) is 81.4. The van der Waals surface area contributed by atoms with Gasteiger partial charge in [-0.3, -0.25) is 32.3 Å². The molecule has 2 saturated heterocycles. The van der Waals surface area contributed by atoms with E-state index in [9.17, 15) is 9.59 Å². The smallest absolute Gasteiger partial charge is 0.475 e. The van der Waals surface area contributed by atoms with E-state index in [1.54, 1.807) is 91.6 Å². The fourth-order valence-electron chi connectivity index (χ4n) is 14.6. The second kappa shape index (κ2) is 34.3. The van der Waals surface area contributed by atoms with Gasteiger partial charge in [0.05, 0.1) is 40.1 Å². The molecule has 0 aliphatic carbocycles. The van der Waals surface area contributed by atoms with Gasteiger partial charge in [0.15, 0.2) is 54.7 Å². The topological polar surface area (TPSA) is 276 Å². The number of hydrogen-bond donors (Lipinski definition) is 2. The van der Waals surface area contributed by atoms with Crippen LogP contribution >= 0.6 is 16.3 Å². The summed E-state index contributed by atoms with van der Waals surface area (Å²) in [5.74, 6) is 0.766. The van der Waals surface area contributed by atoms with Gasteiger partial charge < -0.3 is 52.2 Å². The fraction of sp³-hybridized carbons (Fsp3) is 0.462. The Balaban J connectivity index is 1.05. The van der Waals surface area contributed by atoms with E-state index in [2.05, 4.69) is 128 Å². The third-order valence-corrected chi connectivity index (χ3v) is 34.8. The number of benzene rings is 5. The van der Waals surface area contributed by atoms with Crippen molar-refractivity contribution in [3.63, 3.8) is 0 Å². The summed E-state index contributed by atoms with van der Waals surface area (Å²) in [5.41, 5.74) is 2.98. The lowest BCUT2D eigenvalue weighted by Crippen LogP contribution is -2.54. The number of amides is 2. The third kappa shape index (κ3) is 16.8. The predicted molar refractivity (Wildman–Crippen MR) is 420 cm³/mol. The Morgan fingerprint density at radius 3 is 1.39 bits per heavy atom. The molecule has 0 radical (unpaired) electrons. The molecule has 5 aromatic carbocycles. The Bertz CT molecular complexity index is 4450. The predicted octanol–water partition coefficient (Wildman–Crippen LogP) is 16.5. The molecule has 11 rings (SSSR count). The van der Waals surface area contributed by atoms with Crippen LogP contribution in [0.4, 0.5) is 11.6 Å². The van der Waals surface area contributed by atoms with Gasteiger partial charge in [-0.25, -0.2) is 39.1 Å². The van der Waals surface area contributed by atoms with Gasteiger partial charge in [-0.2, -0.15) is 0 Å². The van der Waals surface area contributed by atoms with Crippen LogP contribution in [0, 0.1) is 0 Å². The number of phosphoric ester groups is 1.